The van der Waals surface area contributed by atoms with E-state index in [4.69, 9.17) is 18.9 Å². The van der Waals surface area contributed by atoms with Gasteiger partial charge in [0, 0.05) is 12.0 Å². The summed E-state index contributed by atoms with van der Waals surface area (Å²) in [6.45, 7) is 0.440. The number of carbonyl (C=O) groups excluding carboxylic acids is 1. The van der Waals surface area contributed by atoms with Crippen molar-refractivity contribution >= 4 is 12.0 Å². The maximum absolute atomic E-state index is 11.4. The Labute approximate surface area is 111 Å². The van der Waals surface area contributed by atoms with Gasteiger partial charge in [0.25, 0.3) is 0 Å². The third-order valence-corrected chi connectivity index (χ3v) is 2.89. The minimum Gasteiger partial charge on any atom is -0.493 e. The Bertz CT molecular complexity index is 494. The molecule has 1 aromatic carbocycles. The molecule has 19 heavy (non-hydrogen) atoms. The van der Waals surface area contributed by atoms with Crippen molar-refractivity contribution in [3.8, 4) is 17.2 Å². The van der Waals surface area contributed by atoms with E-state index in [0.717, 1.165) is 5.56 Å². The fourth-order valence-corrected chi connectivity index (χ4v) is 1.97. The van der Waals surface area contributed by atoms with Crippen LogP contribution in [0.3, 0.4) is 0 Å². The van der Waals surface area contributed by atoms with Gasteiger partial charge in [0.15, 0.2) is 11.5 Å². The second-order valence-corrected chi connectivity index (χ2v) is 4.01. The number of methoxy groups -OCH3 is 3. The van der Waals surface area contributed by atoms with Gasteiger partial charge in [0.05, 0.1) is 27.9 Å². The molecule has 0 N–H and O–H groups in total. The van der Waals surface area contributed by atoms with Crippen LogP contribution < -0.4 is 14.2 Å². The number of cyclic esters (lactones) is 1. The standard InChI is InChI=1S/C14H16O5/c1-16-11-7-9(6-10-4-5-19-14(10)15)8-12(17-2)13(11)18-3/h6-8H,4-5H2,1-3H3. The van der Waals surface area contributed by atoms with Gasteiger partial charge in [0.2, 0.25) is 5.75 Å². The number of ether oxygens (including phenoxy) is 4. The van der Waals surface area contributed by atoms with Gasteiger partial charge in [-0.05, 0) is 23.8 Å². The topological polar surface area (TPSA) is 54.0 Å². The van der Waals surface area contributed by atoms with Crippen molar-refractivity contribution in [3.05, 3.63) is 23.3 Å². The average molecular weight is 264 g/mol. The van der Waals surface area contributed by atoms with Crippen molar-refractivity contribution in [2.75, 3.05) is 27.9 Å². The quantitative estimate of drug-likeness (QED) is 0.615. The predicted molar refractivity (Wildman–Crippen MR) is 69.7 cm³/mol. The van der Waals surface area contributed by atoms with Crippen molar-refractivity contribution in [1.82, 2.24) is 0 Å². The van der Waals surface area contributed by atoms with E-state index in [-0.39, 0.29) is 5.97 Å². The van der Waals surface area contributed by atoms with Gasteiger partial charge in [-0.3, -0.25) is 0 Å². The van der Waals surface area contributed by atoms with Gasteiger partial charge in [0.1, 0.15) is 0 Å². The molecule has 0 atom stereocenters. The minimum atomic E-state index is -0.270. The van der Waals surface area contributed by atoms with E-state index in [1.165, 1.54) is 0 Å². The summed E-state index contributed by atoms with van der Waals surface area (Å²) < 4.78 is 20.7. The molecule has 0 aromatic heterocycles. The van der Waals surface area contributed by atoms with Gasteiger partial charge in [-0.1, -0.05) is 0 Å². The molecule has 0 bridgehead atoms. The van der Waals surface area contributed by atoms with Crippen LogP contribution in [0.4, 0.5) is 0 Å². The molecule has 1 aromatic rings. The molecule has 2 rings (SSSR count). The molecule has 0 saturated carbocycles. The summed E-state index contributed by atoms with van der Waals surface area (Å²) in [5, 5.41) is 0. The van der Waals surface area contributed by atoms with Crippen LogP contribution in [0.5, 0.6) is 17.2 Å². The number of benzene rings is 1. The zero-order chi connectivity index (χ0) is 13.8. The predicted octanol–water partition coefficient (Wildman–Crippen LogP) is 2.04. The van der Waals surface area contributed by atoms with Crippen LogP contribution in [-0.2, 0) is 9.53 Å². The van der Waals surface area contributed by atoms with E-state index in [0.29, 0.717) is 35.8 Å². The van der Waals surface area contributed by atoms with Gasteiger partial charge in [-0.15, -0.1) is 0 Å². The van der Waals surface area contributed by atoms with Crippen LogP contribution in [0.25, 0.3) is 6.08 Å². The number of hydrogen-bond acceptors (Lipinski definition) is 5. The number of rotatable bonds is 4. The third-order valence-electron chi connectivity index (χ3n) is 2.89. The fraction of sp³-hybridized carbons (Fsp3) is 0.357. The van der Waals surface area contributed by atoms with Crippen molar-refractivity contribution in [2.24, 2.45) is 0 Å². The van der Waals surface area contributed by atoms with Gasteiger partial charge in [-0.25, -0.2) is 4.79 Å². The van der Waals surface area contributed by atoms with E-state index in [1.54, 1.807) is 39.5 Å². The lowest BCUT2D eigenvalue weighted by Crippen LogP contribution is -1.97. The molecule has 0 spiro atoms. The van der Waals surface area contributed by atoms with Crippen LogP contribution in [0, 0.1) is 0 Å². The van der Waals surface area contributed by atoms with Crippen LogP contribution in [0.1, 0.15) is 12.0 Å². The maximum atomic E-state index is 11.4. The lowest BCUT2D eigenvalue weighted by molar-refractivity contribution is -0.134. The van der Waals surface area contributed by atoms with E-state index in [9.17, 15) is 4.79 Å². The molecular formula is C14H16O5. The van der Waals surface area contributed by atoms with Crippen molar-refractivity contribution in [1.29, 1.82) is 0 Å². The van der Waals surface area contributed by atoms with E-state index in [1.807, 2.05) is 0 Å². The molecule has 1 saturated heterocycles. The van der Waals surface area contributed by atoms with Gasteiger partial charge >= 0.3 is 5.97 Å². The Balaban J connectivity index is 2.44. The Morgan fingerprint density at radius 2 is 1.74 bits per heavy atom. The highest BCUT2D eigenvalue weighted by atomic mass is 16.5. The summed E-state index contributed by atoms with van der Waals surface area (Å²) in [6.07, 6.45) is 2.40. The highest BCUT2D eigenvalue weighted by Crippen LogP contribution is 2.38. The van der Waals surface area contributed by atoms with Crippen molar-refractivity contribution < 1.29 is 23.7 Å². The zero-order valence-corrected chi connectivity index (χ0v) is 11.2. The molecule has 0 unspecified atom stereocenters. The number of hydrogen-bond donors (Lipinski definition) is 0. The Hall–Kier alpha value is -2.17. The second-order valence-electron chi connectivity index (χ2n) is 4.01. The zero-order valence-electron chi connectivity index (χ0n) is 11.2. The highest BCUT2D eigenvalue weighted by molar-refractivity contribution is 5.95. The average Bonchev–Trinajstić information content (AvgIpc) is 2.83. The largest absolute Gasteiger partial charge is 0.493 e. The van der Waals surface area contributed by atoms with Crippen LogP contribution in [-0.4, -0.2) is 33.9 Å². The van der Waals surface area contributed by atoms with Crippen LogP contribution >= 0.6 is 0 Å². The van der Waals surface area contributed by atoms with E-state index < -0.39 is 0 Å². The first kappa shape index (κ1) is 13.3. The van der Waals surface area contributed by atoms with Crippen LogP contribution in [0.15, 0.2) is 17.7 Å². The first-order valence-corrected chi connectivity index (χ1v) is 5.87. The third kappa shape index (κ3) is 2.65. The number of esters is 1. The molecule has 0 amide bonds. The summed E-state index contributed by atoms with van der Waals surface area (Å²) >= 11 is 0. The molecule has 5 nitrogen and oxygen atoms in total. The Kier molecular flexibility index (Phi) is 3.94. The molecule has 5 heteroatoms. The lowest BCUT2D eigenvalue weighted by Gasteiger charge is -2.13. The Morgan fingerprint density at radius 3 is 2.16 bits per heavy atom. The minimum absolute atomic E-state index is 0.270. The van der Waals surface area contributed by atoms with Gasteiger partial charge < -0.3 is 18.9 Å². The van der Waals surface area contributed by atoms with Gasteiger partial charge in [-0.2, -0.15) is 0 Å². The molecule has 1 heterocycles. The van der Waals surface area contributed by atoms with E-state index in [2.05, 4.69) is 0 Å². The molecule has 0 aliphatic carbocycles. The summed E-state index contributed by atoms with van der Waals surface area (Å²) in [6, 6.07) is 3.58. The smallest absolute Gasteiger partial charge is 0.334 e. The monoisotopic (exact) mass is 264 g/mol. The SMILES string of the molecule is COc1cc(C=C2CCOC2=O)cc(OC)c1OC. The van der Waals surface area contributed by atoms with E-state index >= 15 is 0 Å². The molecule has 1 aliphatic rings. The molecule has 102 valence electrons. The molecular weight excluding hydrogens is 248 g/mol. The molecule has 1 aliphatic heterocycles. The maximum Gasteiger partial charge on any atom is 0.334 e. The van der Waals surface area contributed by atoms with Crippen molar-refractivity contribution in [3.63, 3.8) is 0 Å². The first-order valence-electron chi connectivity index (χ1n) is 5.87. The van der Waals surface area contributed by atoms with Crippen LogP contribution in [0.2, 0.25) is 0 Å². The molecule has 0 radical (unpaired) electrons. The lowest BCUT2D eigenvalue weighted by atomic mass is 10.1. The summed E-state index contributed by atoms with van der Waals surface area (Å²) in [5.74, 6) is 1.37. The number of carbonyl (C=O) groups is 1. The second kappa shape index (κ2) is 5.65. The molecule has 1 fully saturated rings. The highest BCUT2D eigenvalue weighted by Gasteiger charge is 2.19. The summed E-state index contributed by atoms with van der Waals surface area (Å²) in [4.78, 5) is 11.4. The first-order chi connectivity index (χ1) is 9.19. The summed E-state index contributed by atoms with van der Waals surface area (Å²) in [5.41, 5.74) is 1.46. The van der Waals surface area contributed by atoms with Crippen molar-refractivity contribution in [2.45, 2.75) is 6.42 Å². The normalized spacial score (nSPS) is 16.4. The fourth-order valence-electron chi connectivity index (χ4n) is 1.97. The summed E-state index contributed by atoms with van der Waals surface area (Å²) in [7, 11) is 4.66. The Morgan fingerprint density at radius 1 is 1.11 bits per heavy atom.